The molecule has 1 aliphatic rings. The van der Waals surface area contributed by atoms with Gasteiger partial charge in [0.05, 0.1) is 17.0 Å². The lowest BCUT2D eigenvalue weighted by Crippen LogP contribution is -2.20. The van der Waals surface area contributed by atoms with Crippen molar-refractivity contribution in [2.24, 2.45) is 0 Å². The van der Waals surface area contributed by atoms with Crippen LogP contribution >= 0.6 is 0 Å². The highest BCUT2D eigenvalue weighted by atomic mass is 16.2. The Bertz CT molecular complexity index is 634. The van der Waals surface area contributed by atoms with Crippen molar-refractivity contribution in [3.63, 3.8) is 0 Å². The number of nitrogens with zero attached hydrogens (tertiary/aromatic N) is 3. The summed E-state index contributed by atoms with van der Waals surface area (Å²) in [6, 6.07) is 11.4. The Labute approximate surface area is 105 Å². The minimum Gasteiger partial charge on any atom is -0.311 e. The molecule has 2 aromatic rings. The molecule has 0 bridgehead atoms. The summed E-state index contributed by atoms with van der Waals surface area (Å²) < 4.78 is 0. The Morgan fingerprint density at radius 1 is 1.17 bits per heavy atom. The average molecular weight is 237 g/mol. The van der Waals surface area contributed by atoms with E-state index in [0.717, 1.165) is 11.3 Å². The predicted molar refractivity (Wildman–Crippen MR) is 69.8 cm³/mol. The van der Waals surface area contributed by atoms with E-state index in [1.165, 1.54) is 0 Å². The second kappa shape index (κ2) is 4.07. The number of rotatable bonds is 1. The summed E-state index contributed by atoms with van der Waals surface area (Å²) in [6.07, 6.45) is 3.39. The van der Waals surface area contributed by atoms with Gasteiger partial charge in [-0.2, -0.15) is 10.2 Å². The highest BCUT2D eigenvalue weighted by molar-refractivity contribution is 6.35. The zero-order valence-electron chi connectivity index (χ0n) is 9.87. The molecule has 1 aromatic heterocycles. The Kier molecular flexibility index (Phi) is 2.41. The number of aromatic nitrogens is 2. The largest absolute Gasteiger partial charge is 0.311 e. The van der Waals surface area contributed by atoms with E-state index in [1.807, 2.05) is 30.3 Å². The lowest BCUT2D eigenvalue weighted by atomic mass is 10.1. The van der Waals surface area contributed by atoms with E-state index in [0.29, 0.717) is 11.3 Å². The summed E-state index contributed by atoms with van der Waals surface area (Å²) in [5.74, 6) is -0.0122. The summed E-state index contributed by atoms with van der Waals surface area (Å²) in [6.45, 7) is 0. The number of carbonyl (C=O) groups excluding carboxylic acids is 1. The van der Waals surface area contributed by atoms with E-state index in [9.17, 15) is 4.79 Å². The molecule has 18 heavy (non-hydrogen) atoms. The fraction of sp³-hybridized carbons (Fsp3) is 0.0714. The van der Waals surface area contributed by atoms with Crippen molar-refractivity contribution >= 4 is 23.2 Å². The first kappa shape index (κ1) is 10.7. The zero-order valence-corrected chi connectivity index (χ0v) is 9.87. The molecule has 0 unspecified atom stereocenters. The smallest absolute Gasteiger partial charge is 0.258 e. The summed E-state index contributed by atoms with van der Waals surface area (Å²) in [5, 5.41) is 7.78. The maximum atomic E-state index is 12.2. The van der Waals surface area contributed by atoms with Gasteiger partial charge in [0.1, 0.15) is 0 Å². The fourth-order valence-electron chi connectivity index (χ4n) is 2.08. The summed E-state index contributed by atoms with van der Waals surface area (Å²) >= 11 is 0. The minimum absolute atomic E-state index is 0.0122. The van der Waals surface area contributed by atoms with E-state index < -0.39 is 0 Å². The molecule has 1 amide bonds. The second-order valence-electron chi connectivity index (χ2n) is 4.09. The van der Waals surface area contributed by atoms with Gasteiger partial charge in [-0.3, -0.25) is 4.79 Å². The lowest BCUT2D eigenvalue weighted by molar-refractivity contribution is -0.112. The molecule has 0 fully saturated rings. The van der Waals surface area contributed by atoms with Crippen molar-refractivity contribution in [3.8, 4) is 0 Å². The molecule has 0 saturated heterocycles. The number of benzene rings is 1. The first-order valence-corrected chi connectivity index (χ1v) is 5.64. The molecule has 0 N–H and O–H groups in total. The number of hydrogen-bond acceptors (Lipinski definition) is 3. The van der Waals surface area contributed by atoms with Gasteiger partial charge < -0.3 is 4.90 Å². The van der Waals surface area contributed by atoms with Crippen molar-refractivity contribution in [2.45, 2.75) is 0 Å². The molecule has 88 valence electrons. The number of anilines is 1. The Morgan fingerprint density at radius 3 is 2.78 bits per heavy atom. The van der Waals surface area contributed by atoms with Crippen LogP contribution in [0.1, 0.15) is 11.3 Å². The summed E-state index contributed by atoms with van der Waals surface area (Å²) in [7, 11) is 1.78. The third-order valence-corrected chi connectivity index (χ3v) is 2.98. The summed E-state index contributed by atoms with van der Waals surface area (Å²) in [5.41, 5.74) is 3.22. The molecule has 4 heteroatoms. The number of likely N-dealkylation sites (N-methyl/N-ethyl adjacent to an activating group) is 1. The van der Waals surface area contributed by atoms with E-state index in [1.54, 1.807) is 30.3 Å². The number of fused-ring (bicyclic) bond motifs is 1. The Morgan fingerprint density at radius 2 is 2.00 bits per heavy atom. The first-order valence-electron chi connectivity index (χ1n) is 5.64. The number of carbonyl (C=O) groups is 1. The van der Waals surface area contributed by atoms with Crippen molar-refractivity contribution in [1.82, 2.24) is 10.2 Å². The Hall–Kier alpha value is -2.49. The van der Waals surface area contributed by atoms with Crippen molar-refractivity contribution in [1.29, 1.82) is 0 Å². The maximum Gasteiger partial charge on any atom is 0.258 e. The molecule has 1 aromatic carbocycles. The Balaban J connectivity index is 2.14. The molecule has 1 aliphatic heterocycles. The van der Waals surface area contributed by atoms with Gasteiger partial charge in [0, 0.05) is 18.8 Å². The van der Waals surface area contributed by atoms with Crippen LogP contribution in [0.15, 0.2) is 42.6 Å². The SMILES string of the molecule is CN1C(=O)C(=Cc2cccnn2)c2ccccc21. The zero-order chi connectivity index (χ0) is 12.5. The quantitative estimate of drug-likeness (QED) is 0.712. The van der Waals surface area contributed by atoms with Crippen LogP contribution in [0.5, 0.6) is 0 Å². The highest BCUT2D eigenvalue weighted by Crippen LogP contribution is 2.36. The van der Waals surface area contributed by atoms with E-state index in [4.69, 9.17) is 0 Å². The topological polar surface area (TPSA) is 46.1 Å². The van der Waals surface area contributed by atoms with Crippen molar-refractivity contribution < 1.29 is 4.79 Å². The predicted octanol–water partition coefficient (Wildman–Crippen LogP) is 1.99. The van der Waals surface area contributed by atoms with Crippen LogP contribution in [0.4, 0.5) is 5.69 Å². The van der Waals surface area contributed by atoms with Gasteiger partial charge in [0.2, 0.25) is 0 Å². The third-order valence-electron chi connectivity index (χ3n) is 2.98. The van der Waals surface area contributed by atoms with Gasteiger partial charge in [-0.25, -0.2) is 0 Å². The minimum atomic E-state index is -0.0122. The van der Waals surface area contributed by atoms with Gasteiger partial charge >= 0.3 is 0 Å². The number of para-hydroxylation sites is 1. The molecule has 0 atom stereocenters. The van der Waals surface area contributed by atoms with Crippen LogP contribution in [-0.4, -0.2) is 23.2 Å². The van der Waals surface area contributed by atoms with Gasteiger partial charge in [0.15, 0.2) is 0 Å². The molecule has 2 heterocycles. The molecule has 4 nitrogen and oxygen atoms in total. The van der Waals surface area contributed by atoms with Crippen LogP contribution in [-0.2, 0) is 4.79 Å². The maximum absolute atomic E-state index is 12.2. The van der Waals surface area contributed by atoms with Crippen LogP contribution in [0.3, 0.4) is 0 Å². The van der Waals surface area contributed by atoms with E-state index >= 15 is 0 Å². The molecule has 0 saturated carbocycles. The molecule has 0 spiro atoms. The van der Waals surface area contributed by atoms with Gasteiger partial charge in [0.25, 0.3) is 5.91 Å². The van der Waals surface area contributed by atoms with Crippen molar-refractivity contribution in [2.75, 3.05) is 11.9 Å². The fourth-order valence-corrected chi connectivity index (χ4v) is 2.08. The van der Waals surface area contributed by atoms with E-state index in [-0.39, 0.29) is 5.91 Å². The number of amides is 1. The van der Waals surface area contributed by atoms with Crippen LogP contribution in [0, 0.1) is 0 Å². The first-order chi connectivity index (χ1) is 8.77. The molecular weight excluding hydrogens is 226 g/mol. The lowest BCUT2D eigenvalue weighted by Gasteiger charge is -2.07. The average Bonchev–Trinajstić information content (AvgIpc) is 2.66. The molecule has 0 aliphatic carbocycles. The second-order valence-corrected chi connectivity index (χ2v) is 4.09. The standard InChI is InChI=1S/C14H11N3O/c1-17-13-7-3-2-6-11(13)12(14(17)18)9-10-5-4-8-15-16-10/h2-9H,1H3. The van der Waals surface area contributed by atoms with E-state index in [2.05, 4.69) is 10.2 Å². The van der Waals surface area contributed by atoms with Gasteiger partial charge in [-0.05, 0) is 24.3 Å². The molecular formula is C14H11N3O. The monoisotopic (exact) mass is 237 g/mol. The summed E-state index contributed by atoms with van der Waals surface area (Å²) in [4.78, 5) is 13.8. The third kappa shape index (κ3) is 1.59. The normalized spacial score (nSPS) is 16.2. The molecule has 0 radical (unpaired) electrons. The van der Waals surface area contributed by atoms with Crippen molar-refractivity contribution in [3.05, 3.63) is 53.9 Å². The number of hydrogen-bond donors (Lipinski definition) is 0. The highest BCUT2D eigenvalue weighted by Gasteiger charge is 2.28. The molecule has 3 rings (SSSR count). The van der Waals surface area contributed by atoms with Crippen LogP contribution < -0.4 is 4.90 Å². The van der Waals surface area contributed by atoms with Crippen LogP contribution in [0.25, 0.3) is 11.6 Å². The van der Waals surface area contributed by atoms with Gasteiger partial charge in [-0.1, -0.05) is 18.2 Å². The van der Waals surface area contributed by atoms with Gasteiger partial charge in [-0.15, -0.1) is 0 Å². The van der Waals surface area contributed by atoms with Crippen LogP contribution in [0.2, 0.25) is 0 Å².